The summed E-state index contributed by atoms with van der Waals surface area (Å²) in [7, 11) is 0. The molecule has 0 spiro atoms. The van der Waals surface area contributed by atoms with E-state index in [-0.39, 0.29) is 6.42 Å². The molecule has 5 nitrogen and oxygen atoms in total. The van der Waals surface area contributed by atoms with E-state index >= 15 is 0 Å². The van der Waals surface area contributed by atoms with Crippen molar-refractivity contribution in [3.05, 3.63) is 23.9 Å². The van der Waals surface area contributed by atoms with Gasteiger partial charge in [0.25, 0.3) is 0 Å². The number of carboxylic acid groups (broad SMARTS) is 1. The molecule has 0 amide bonds. The summed E-state index contributed by atoms with van der Waals surface area (Å²) in [4.78, 5) is 14.4. The van der Waals surface area contributed by atoms with E-state index in [4.69, 9.17) is 10.4 Å². The Labute approximate surface area is 106 Å². The highest BCUT2D eigenvalue weighted by atomic mass is 16.4. The van der Waals surface area contributed by atoms with Crippen LogP contribution >= 0.6 is 0 Å². The van der Waals surface area contributed by atoms with Crippen LogP contribution in [0.4, 0.5) is 5.82 Å². The third kappa shape index (κ3) is 5.85. The van der Waals surface area contributed by atoms with Crippen LogP contribution < -0.4 is 5.32 Å². The lowest BCUT2D eigenvalue weighted by molar-refractivity contribution is -0.137. The van der Waals surface area contributed by atoms with Crippen LogP contribution in [0.15, 0.2) is 18.3 Å². The van der Waals surface area contributed by atoms with Crippen molar-refractivity contribution < 1.29 is 9.90 Å². The van der Waals surface area contributed by atoms with Gasteiger partial charge < -0.3 is 10.4 Å². The maximum Gasteiger partial charge on any atom is 0.303 e. The van der Waals surface area contributed by atoms with E-state index in [1.165, 1.54) is 6.20 Å². The van der Waals surface area contributed by atoms with Gasteiger partial charge in [0.1, 0.15) is 11.9 Å². The summed E-state index contributed by atoms with van der Waals surface area (Å²) < 4.78 is 0. The Morgan fingerprint density at radius 2 is 2.11 bits per heavy atom. The van der Waals surface area contributed by atoms with Crippen LogP contribution in [0.5, 0.6) is 0 Å². The number of hydrogen-bond acceptors (Lipinski definition) is 4. The Balaban J connectivity index is 2.07. The molecule has 0 radical (unpaired) electrons. The van der Waals surface area contributed by atoms with Crippen molar-refractivity contribution in [3.8, 4) is 6.07 Å². The third-order valence-electron chi connectivity index (χ3n) is 2.52. The molecule has 18 heavy (non-hydrogen) atoms. The van der Waals surface area contributed by atoms with Crippen LogP contribution in [-0.4, -0.2) is 22.6 Å². The molecule has 0 saturated heterocycles. The number of nitriles is 1. The fourth-order valence-corrected chi connectivity index (χ4v) is 1.54. The number of rotatable bonds is 8. The number of pyridine rings is 1. The summed E-state index contributed by atoms with van der Waals surface area (Å²) in [6.45, 7) is 0.811. The van der Waals surface area contributed by atoms with E-state index in [1.54, 1.807) is 12.1 Å². The summed E-state index contributed by atoms with van der Waals surface area (Å²) >= 11 is 0. The van der Waals surface area contributed by atoms with Crippen molar-refractivity contribution in [1.29, 1.82) is 5.26 Å². The lowest BCUT2D eigenvalue weighted by Gasteiger charge is -2.04. The maximum atomic E-state index is 10.3. The number of nitrogens with one attached hydrogen (secondary N) is 1. The highest BCUT2D eigenvalue weighted by molar-refractivity contribution is 5.66. The van der Waals surface area contributed by atoms with Gasteiger partial charge >= 0.3 is 5.97 Å². The predicted molar refractivity (Wildman–Crippen MR) is 68.2 cm³/mol. The molecule has 0 aromatic carbocycles. The maximum absolute atomic E-state index is 10.3. The summed E-state index contributed by atoms with van der Waals surface area (Å²) in [6.07, 6.45) is 5.47. The molecule has 0 unspecified atom stereocenters. The zero-order chi connectivity index (χ0) is 13.2. The van der Waals surface area contributed by atoms with Gasteiger partial charge in [-0.25, -0.2) is 4.98 Å². The van der Waals surface area contributed by atoms with E-state index in [0.29, 0.717) is 5.56 Å². The Bertz CT molecular complexity index is 409. The first-order valence-electron chi connectivity index (χ1n) is 6.04. The molecule has 1 aromatic heterocycles. The van der Waals surface area contributed by atoms with Crippen molar-refractivity contribution in [2.75, 3.05) is 11.9 Å². The number of nitrogens with zero attached hydrogens (tertiary/aromatic N) is 2. The lowest BCUT2D eigenvalue weighted by Crippen LogP contribution is -2.03. The Morgan fingerprint density at radius 3 is 2.72 bits per heavy atom. The van der Waals surface area contributed by atoms with Crippen molar-refractivity contribution in [2.24, 2.45) is 0 Å². The molecule has 0 fully saturated rings. The summed E-state index contributed by atoms with van der Waals surface area (Å²) in [6, 6.07) is 5.52. The van der Waals surface area contributed by atoms with Gasteiger partial charge in [-0.15, -0.1) is 0 Å². The number of carboxylic acids is 1. The normalized spacial score (nSPS) is 9.72. The first-order valence-corrected chi connectivity index (χ1v) is 6.04. The second-order valence-electron chi connectivity index (χ2n) is 4.03. The molecule has 0 bridgehead atoms. The Kier molecular flexibility index (Phi) is 6.26. The van der Waals surface area contributed by atoms with Gasteiger partial charge in [-0.05, 0) is 25.0 Å². The molecule has 0 aliphatic rings. The molecule has 96 valence electrons. The highest BCUT2D eigenvalue weighted by Gasteiger charge is 1.97. The standard InChI is InChI=1S/C13H17N3O2/c14-9-11-6-7-12(16-10-11)15-8-4-2-1-3-5-13(17)18/h6-7,10H,1-5,8H2,(H,15,16)(H,17,18). The zero-order valence-electron chi connectivity index (χ0n) is 10.2. The smallest absolute Gasteiger partial charge is 0.303 e. The number of aliphatic carboxylic acids is 1. The SMILES string of the molecule is N#Cc1ccc(NCCCCCCC(=O)O)nc1. The monoisotopic (exact) mass is 247 g/mol. The van der Waals surface area contributed by atoms with Gasteiger partial charge in [-0.3, -0.25) is 4.79 Å². The summed E-state index contributed by atoms with van der Waals surface area (Å²) in [5, 5.41) is 20.2. The molecular weight excluding hydrogens is 230 g/mol. The molecule has 1 aromatic rings. The highest BCUT2D eigenvalue weighted by Crippen LogP contribution is 2.06. The molecule has 0 saturated carbocycles. The van der Waals surface area contributed by atoms with Crippen LogP contribution in [0.25, 0.3) is 0 Å². The van der Waals surface area contributed by atoms with E-state index < -0.39 is 5.97 Å². The average Bonchev–Trinajstić information content (AvgIpc) is 2.38. The first-order chi connectivity index (χ1) is 8.72. The number of unbranched alkanes of at least 4 members (excludes halogenated alkanes) is 3. The Morgan fingerprint density at radius 1 is 1.33 bits per heavy atom. The van der Waals surface area contributed by atoms with Crippen molar-refractivity contribution in [1.82, 2.24) is 4.98 Å². The van der Waals surface area contributed by atoms with E-state index in [9.17, 15) is 4.79 Å². The van der Waals surface area contributed by atoms with Gasteiger partial charge in [0.05, 0.1) is 5.56 Å². The van der Waals surface area contributed by atoms with Crippen molar-refractivity contribution in [3.63, 3.8) is 0 Å². The third-order valence-corrected chi connectivity index (χ3v) is 2.52. The van der Waals surface area contributed by atoms with Crippen LogP contribution in [0.3, 0.4) is 0 Å². The van der Waals surface area contributed by atoms with E-state index in [1.807, 2.05) is 6.07 Å². The number of anilines is 1. The van der Waals surface area contributed by atoms with Gasteiger partial charge in [0.15, 0.2) is 0 Å². The van der Waals surface area contributed by atoms with E-state index in [0.717, 1.165) is 38.0 Å². The van der Waals surface area contributed by atoms with Crippen molar-refractivity contribution >= 4 is 11.8 Å². The van der Waals surface area contributed by atoms with Crippen LogP contribution in [-0.2, 0) is 4.79 Å². The minimum atomic E-state index is -0.727. The summed E-state index contributed by atoms with van der Waals surface area (Å²) in [5.41, 5.74) is 0.550. The molecule has 5 heteroatoms. The fraction of sp³-hybridized carbons (Fsp3) is 0.462. The first kappa shape index (κ1) is 14.0. The second-order valence-corrected chi connectivity index (χ2v) is 4.03. The molecule has 1 rings (SSSR count). The summed E-state index contributed by atoms with van der Waals surface area (Å²) in [5.74, 6) is 0.0365. The minimum Gasteiger partial charge on any atom is -0.481 e. The largest absolute Gasteiger partial charge is 0.481 e. The lowest BCUT2D eigenvalue weighted by atomic mass is 10.1. The second kappa shape index (κ2) is 8.07. The number of hydrogen-bond donors (Lipinski definition) is 2. The van der Waals surface area contributed by atoms with Crippen LogP contribution in [0, 0.1) is 11.3 Å². The van der Waals surface area contributed by atoms with E-state index in [2.05, 4.69) is 10.3 Å². The molecule has 0 aliphatic carbocycles. The van der Waals surface area contributed by atoms with Crippen molar-refractivity contribution in [2.45, 2.75) is 32.1 Å². The molecular formula is C13H17N3O2. The fourth-order valence-electron chi connectivity index (χ4n) is 1.54. The number of aromatic nitrogens is 1. The average molecular weight is 247 g/mol. The zero-order valence-corrected chi connectivity index (χ0v) is 10.2. The van der Waals surface area contributed by atoms with Gasteiger partial charge in [0, 0.05) is 19.2 Å². The quantitative estimate of drug-likeness (QED) is 0.689. The van der Waals surface area contributed by atoms with Gasteiger partial charge in [0.2, 0.25) is 0 Å². The number of carbonyl (C=O) groups is 1. The molecule has 0 atom stereocenters. The minimum absolute atomic E-state index is 0.255. The van der Waals surface area contributed by atoms with Gasteiger partial charge in [-0.2, -0.15) is 5.26 Å². The molecule has 2 N–H and O–H groups in total. The predicted octanol–water partition coefficient (Wildman–Crippen LogP) is 2.40. The molecule has 1 heterocycles. The Hall–Kier alpha value is -2.09. The van der Waals surface area contributed by atoms with Crippen LogP contribution in [0.1, 0.15) is 37.7 Å². The van der Waals surface area contributed by atoms with Gasteiger partial charge in [-0.1, -0.05) is 12.8 Å². The topological polar surface area (TPSA) is 86.0 Å². The molecule has 0 aliphatic heterocycles. The van der Waals surface area contributed by atoms with Crippen LogP contribution in [0.2, 0.25) is 0 Å².